The molecule has 0 bridgehead atoms. The molecule has 0 fully saturated rings. The van der Waals surface area contributed by atoms with Crippen LogP contribution in [0.5, 0.6) is 11.5 Å². The lowest BCUT2D eigenvalue weighted by molar-refractivity contribution is 0.104. The Labute approximate surface area is 148 Å². The highest BCUT2D eigenvalue weighted by atomic mass is 35.5. The zero-order valence-corrected chi connectivity index (χ0v) is 14.0. The summed E-state index contributed by atoms with van der Waals surface area (Å²) in [5, 5.41) is 20.5. The molecule has 5 nitrogen and oxygen atoms in total. The van der Waals surface area contributed by atoms with Crippen molar-refractivity contribution in [1.29, 1.82) is 5.26 Å². The van der Waals surface area contributed by atoms with E-state index in [9.17, 15) is 15.2 Å². The first kappa shape index (κ1) is 16.6. The number of nitriles is 1. The van der Waals surface area contributed by atoms with Crippen LogP contribution in [-0.2, 0) is 0 Å². The van der Waals surface area contributed by atoms with Gasteiger partial charge in [-0.15, -0.1) is 0 Å². The maximum Gasteiger partial charge on any atom is 0.205 e. The number of benzene rings is 2. The number of ether oxygens (including phenoxy) is 1. The van der Waals surface area contributed by atoms with Crippen molar-refractivity contribution in [2.75, 3.05) is 7.11 Å². The van der Waals surface area contributed by atoms with Crippen LogP contribution in [0, 0.1) is 11.3 Å². The van der Waals surface area contributed by atoms with Crippen LogP contribution in [0.15, 0.2) is 48.2 Å². The minimum Gasteiger partial charge on any atom is -0.504 e. The highest BCUT2D eigenvalue weighted by Gasteiger charge is 2.17. The molecular weight excluding hydrogens is 340 g/mol. The van der Waals surface area contributed by atoms with Crippen molar-refractivity contribution in [1.82, 2.24) is 4.98 Å². The number of H-pyrrole nitrogens is 1. The van der Waals surface area contributed by atoms with Crippen molar-refractivity contribution in [3.8, 4) is 17.6 Å². The van der Waals surface area contributed by atoms with E-state index in [1.807, 2.05) is 6.07 Å². The summed E-state index contributed by atoms with van der Waals surface area (Å²) >= 11 is 5.94. The van der Waals surface area contributed by atoms with Crippen molar-refractivity contribution in [2.45, 2.75) is 0 Å². The third kappa shape index (κ3) is 3.21. The number of ketones is 1. The van der Waals surface area contributed by atoms with Crippen LogP contribution < -0.4 is 4.74 Å². The van der Waals surface area contributed by atoms with Crippen LogP contribution in [0.2, 0.25) is 5.02 Å². The minimum atomic E-state index is -0.411. The summed E-state index contributed by atoms with van der Waals surface area (Å²) in [5.41, 5.74) is 1.58. The lowest BCUT2D eigenvalue weighted by Gasteiger charge is -2.04. The van der Waals surface area contributed by atoms with Crippen LogP contribution in [0.3, 0.4) is 0 Å². The van der Waals surface area contributed by atoms with Gasteiger partial charge in [-0.05, 0) is 35.9 Å². The monoisotopic (exact) mass is 352 g/mol. The number of methoxy groups -OCH3 is 1. The fourth-order valence-corrected chi connectivity index (χ4v) is 2.72. The van der Waals surface area contributed by atoms with E-state index >= 15 is 0 Å². The van der Waals surface area contributed by atoms with Crippen molar-refractivity contribution in [3.05, 3.63) is 64.3 Å². The zero-order chi connectivity index (χ0) is 18.0. The Kier molecular flexibility index (Phi) is 4.46. The normalized spacial score (nSPS) is 11.3. The molecule has 0 aliphatic carbocycles. The smallest absolute Gasteiger partial charge is 0.205 e. The number of Topliss-reactive ketones (excluding diaryl/α,β-unsaturated/α-hetero) is 1. The molecule has 0 saturated carbocycles. The number of halogens is 1. The van der Waals surface area contributed by atoms with Gasteiger partial charge < -0.3 is 14.8 Å². The fourth-order valence-electron chi connectivity index (χ4n) is 2.54. The van der Waals surface area contributed by atoms with E-state index in [4.69, 9.17) is 16.3 Å². The van der Waals surface area contributed by atoms with Crippen molar-refractivity contribution < 1.29 is 14.6 Å². The maximum absolute atomic E-state index is 12.7. The molecule has 2 N–H and O–H groups in total. The molecule has 124 valence electrons. The summed E-state index contributed by atoms with van der Waals surface area (Å²) in [6.45, 7) is 0. The van der Waals surface area contributed by atoms with E-state index in [-0.39, 0.29) is 11.3 Å². The van der Waals surface area contributed by atoms with Gasteiger partial charge in [-0.2, -0.15) is 5.26 Å². The van der Waals surface area contributed by atoms with Gasteiger partial charge in [0.25, 0.3) is 0 Å². The Morgan fingerprint density at radius 2 is 2.12 bits per heavy atom. The molecule has 3 rings (SSSR count). The van der Waals surface area contributed by atoms with Crippen LogP contribution >= 0.6 is 11.6 Å². The number of aromatic amines is 1. The Balaban J connectivity index is 2.01. The number of fused-ring (bicyclic) bond motifs is 1. The first-order valence-electron chi connectivity index (χ1n) is 7.33. The van der Waals surface area contributed by atoms with Gasteiger partial charge >= 0.3 is 0 Å². The van der Waals surface area contributed by atoms with Crippen molar-refractivity contribution in [2.24, 2.45) is 0 Å². The van der Waals surface area contributed by atoms with Crippen LogP contribution in [0.1, 0.15) is 15.9 Å². The molecule has 6 heteroatoms. The number of aromatic nitrogens is 1. The number of phenolic OH excluding ortho intramolecular Hbond substituents is 1. The van der Waals surface area contributed by atoms with Gasteiger partial charge in [-0.3, -0.25) is 4.79 Å². The predicted octanol–water partition coefficient (Wildman–Crippen LogP) is 4.33. The highest BCUT2D eigenvalue weighted by Crippen LogP contribution is 2.28. The quantitative estimate of drug-likeness (QED) is 0.416. The number of rotatable bonds is 4. The first-order chi connectivity index (χ1) is 12.0. The molecule has 0 unspecified atom stereocenters. The standard InChI is InChI=1S/C19H13ClN2O3/c1-25-18-5-2-11(7-17(18)23)6-12(9-21)19(24)15-10-22-16-8-13(20)3-4-14(15)16/h2-8,10,22-23H,1H3/b12-6+. The lowest BCUT2D eigenvalue weighted by atomic mass is 10.0. The summed E-state index contributed by atoms with van der Waals surface area (Å²) < 4.78 is 4.98. The molecular formula is C19H13ClN2O3. The second-order valence-electron chi connectivity index (χ2n) is 5.32. The van der Waals surface area contributed by atoms with Crippen LogP contribution in [-0.4, -0.2) is 23.0 Å². The molecule has 0 aliphatic rings. The largest absolute Gasteiger partial charge is 0.504 e. The molecule has 1 heterocycles. The number of allylic oxidation sites excluding steroid dienone is 1. The van der Waals surface area contributed by atoms with Crippen molar-refractivity contribution >= 4 is 34.4 Å². The third-order valence-electron chi connectivity index (χ3n) is 3.77. The Morgan fingerprint density at radius 3 is 2.80 bits per heavy atom. The molecule has 0 aliphatic heterocycles. The summed E-state index contributed by atoms with van der Waals surface area (Å²) in [6, 6.07) is 11.7. The highest BCUT2D eigenvalue weighted by molar-refractivity contribution is 6.31. The summed E-state index contributed by atoms with van der Waals surface area (Å²) in [6.07, 6.45) is 2.98. The number of carbonyl (C=O) groups is 1. The number of phenols is 1. The molecule has 0 saturated heterocycles. The van der Waals surface area contributed by atoms with Gasteiger partial charge in [0, 0.05) is 27.7 Å². The lowest BCUT2D eigenvalue weighted by Crippen LogP contribution is -2.01. The zero-order valence-electron chi connectivity index (χ0n) is 13.2. The molecule has 25 heavy (non-hydrogen) atoms. The summed E-state index contributed by atoms with van der Waals surface area (Å²) in [7, 11) is 1.44. The molecule has 1 aromatic heterocycles. The van der Waals surface area contributed by atoms with Gasteiger partial charge in [-0.25, -0.2) is 0 Å². The van der Waals surface area contributed by atoms with Crippen molar-refractivity contribution in [3.63, 3.8) is 0 Å². The second kappa shape index (κ2) is 6.71. The average molecular weight is 353 g/mol. The van der Waals surface area contributed by atoms with Crippen LogP contribution in [0.4, 0.5) is 0 Å². The van der Waals surface area contributed by atoms with E-state index in [0.29, 0.717) is 27.3 Å². The van der Waals surface area contributed by atoms with E-state index in [0.717, 1.165) is 5.52 Å². The average Bonchev–Trinajstić information content (AvgIpc) is 3.02. The number of nitrogens with one attached hydrogen (secondary N) is 1. The van der Waals surface area contributed by atoms with E-state index in [2.05, 4.69) is 4.98 Å². The van der Waals surface area contributed by atoms with E-state index < -0.39 is 5.78 Å². The summed E-state index contributed by atoms with van der Waals surface area (Å²) in [5.74, 6) is -0.162. The Morgan fingerprint density at radius 1 is 1.32 bits per heavy atom. The molecule has 2 aromatic carbocycles. The number of aromatic hydroxyl groups is 1. The van der Waals surface area contributed by atoms with E-state index in [1.54, 1.807) is 36.5 Å². The number of hydrogen-bond acceptors (Lipinski definition) is 4. The van der Waals surface area contributed by atoms with Gasteiger partial charge in [0.1, 0.15) is 11.6 Å². The number of carbonyl (C=O) groups excluding carboxylic acids is 1. The molecule has 0 amide bonds. The molecule has 0 radical (unpaired) electrons. The Hall–Kier alpha value is -3.23. The SMILES string of the molecule is COc1ccc(/C=C(\C#N)C(=O)c2c[nH]c3cc(Cl)ccc23)cc1O. The van der Waals surface area contributed by atoms with Gasteiger partial charge in [0.2, 0.25) is 5.78 Å². The second-order valence-corrected chi connectivity index (χ2v) is 5.76. The molecule has 0 atom stereocenters. The minimum absolute atomic E-state index is 0.0413. The molecule has 0 spiro atoms. The maximum atomic E-state index is 12.7. The third-order valence-corrected chi connectivity index (χ3v) is 4.00. The van der Waals surface area contributed by atoms with Gasteiger partial charge in [0.15, 0.2) is 11.5 Å². The topological polar surface area (TPSA) is 86.1 Å². The fraction of sp³-hybridized carbons (Fsp3) is 0.0526. The molecule has 3 aromatic rings. The van der Waals surface area contributed by atoms with Crippen LogP contribution in [0.25, 0.3) is 17.0 Å². The number of hydrogen-bond donors (Lipinski definition) is 2. The summed E-state index contributed by atoms with van der Waals surface area (Å²) in [4.78, 5) is 15.7. The number of nitrogens with zero attached hydrogens (tertiary/aromatic N) is 1. The van der Waals surface area contributed by atoms with E-state index in [1.165, 1.54) is 19.3 Å². The van der Waals surface area contributed by atoms with Gasteiger partial charge in [-0.1, -0.05) is 23.7 Å². The first-order valence-corrected chi connectivity index (χ1v) is 7.71. The van der Waals surface area contributed by atoms with Gasteiger partial charge in [0.05, 0.1) is 7.11 Å². The predicted molar refractivity (Wildman–Crippen MR) is 95.9 cm³/mol. The Bertz CT molecular complexity index is 1040.